The van der Waals surface area contributed by atoms with Gasteiger partial charge < -0.3 is 52.3 Å². The number of cyclic esters (lactones) is 1. The Balaban J connectivity index is 1.80. The maximum atomic E-state index is 14.5. The summed E-state index contributed by atoms with van der Waals surface area (Å²) in [6, 6.07) is 5.03. The molecule has 6 rings (SSSR count). The van der Waals surface area contributed by atoms with Gasteiger partial charge in [-0.1, -0.05) is 20.8 Å². The van der Waals surface area contributed by atoms with Crippen LogP contribution in [0.2, 0.25) is 0 Å². The van der Waals surface area contributed by atoms with Gasteiger partial charge in [-0.05, 0) is 32.0 Å². The van der Waals surface area contributed by atoms with Crippen molar-refractivity contribution in [3.05, 3.63) is 63.8 Å². The molecule has 1 N–H and O–H groups in total. The van der Waals surface area contributed by atoms with Crippen LogP contribution in [0, 0.1) is 23.2 Å². The maximum Gasteiger partial charge on any atom is 0.340 e. The van der Waals surface area contributed by atoms with Crippen LogP contribution >= 0.6 is 0 Å². The number of aryl methyl sites for hydroxylation is 1. The first-order valence-electron chi connectivity index (χ1n) is 20.8. The van der Waals surface area contributed by atoms with Gasteiger partial charge in [0.15, 0.2) is 30.0 Å². The molecule has 2 aromatic rings. The van der Waals surface area contributed by atoms with Crippen molar-refractivity contribution >= 4 is 47.8 Å². The zero-order valence-corrected chi connectivity index (χ0v) is 37.5. The van der Waals surface area contributed by atoms with Gasteiger partial charge in [0.2, 0.25) is 5.56 Å². The van der Waals surface area contributed by atoms with Gasteiger partial charge in [-0.2, -0.15) is 0 Å². The number of aromatic nitrogens is 2. The van der Waals surface area contributed by atoms with Crippen LogP contribution in [0.25, 0.3) is 0 Å². The summed E-state index contributed by atoms with van der Waals surface area (Å²) >= 11 is 0. The van der Waals surface area contributed by atoms with E-state index >= 15 is 0 Å². The minimum atomic E-state index is -2.93. The Bertz CT molecular complexity index is 2360. The minimum Gasteiger partial charge on any atom is -0.464 e. The molecule has 0 unspecified atom stereocenters. The van der Waals surface area contributed by atoms with Crippen molar-refractivity contribution in [2.24, 2.45) is 30.2 Å². The molecule has 352 valence electrons. The van der Waals surface area contributed by atoms with Gasteiger partial charge in [-0.3, -0.25) is 38.5 Å². The Hall–Kier alpha value is -6.22. The summed E-state index contributed by atoms with van der Waals surface area (Å²) < 4.78 is 56.7. The number of aliphatic hydroxyl groups is 1. The highest BCUT2D eigenvalue weighted by Crippen LogP contribution is 2.70. The van der Waals surface area contributed by atoms with Crippen LogP contribution in [-0.2, 0) is 84.9 Å². The average molecular weight is 913 g/mol. The lowest BCUT2D eigenvalue weighted by atomic mass is 9.45. The highest BCUT2D eigenvalue weighted by Gasteiger charge is 2.92. The number of carbonyl (C=O) groups is 8. The SMILES string of the molecule is CC(=O)O[C@@H]1[C@@H]2[C@@H](OC(C)=O)[C@@]34O[C@@]2(C)COC(=O)c2cccnc2C[C@H](C)C(=O)O[C@@H]([C@H](OC(=O)c2ccc(=O)n(C)c2)[C@H](OC(C)=O)[C@@]3(COC(=O)C(C)C)[C@@H]1OC(C)=O)[C@]4(C)O. The molecule has 4 aliphatic rings. The summed E-state index contributed by atoms with van der Waals surface area (Å²) in [7, 11) is 1.35. The molecule has 4 bridgehead atoms. The van der Waals surface area contributed by atoms with Gasteiger partial charge in [0.25, 0.3) is 0 Å². The van der Waals surface area contributed by atoms with Crippen molar-refractivity contribution < 1.29 is 86.1 Å². The predicted octanol–water partition coefficient (Wildman–Crippen LogP) is 1.10. The summed E-state index contributed by atoms with van der Waals surface area (Å²) in [6.07, 6.45) is -10.4. The van der Waals surface area contributed by atoms with Gasteiger partial charge >= 0.3 is 47.8 Å². The van der Waals surface area contributed by atoms with E-state index < -0.39 is 143 Å². The molecule has 21 nitrogen and oxygen atoms in total. The van der Waals surface area contributed by atoms with Crippen LogP contribution in [0.1, 0.15) is 88.7 Å². The van der Waals surface area contributed by atoms with Gasteiger partial charge in [0.1, 0.15) is 42.0 Å². The molecule has 0 amide bonds. The average Bonchev–Trinajstić information content (AvgIpc) is 3.43. The zero-order chi connectivity index (χ0) is 48.1. The van der Waals surface area contributed by atoms with Crippen LogP contribution < -0.4 is 5.56 Å². The fourth-order valence-electron chi connectivity index (χ4n) is 9.88. The lowest BCUT2D eigenvalue weighted by Gasteiger charge is -2.67. The van der Waals surface area contributed by atoms with E-state index in [0.29, 0.717) is 0 Å². The second-order valence-electron chi connectivity index (χ2n) is 17.6. The van der Waals surface area contributed by atoms with Crippen molar-refractivity contribution in [3.63, 3.8) is 0 Å². The van der Waals surface area contributed by atoms with Crippen LogP contribution in [0.15, 0.2) is 41.5 Å². The Labute approximate surface area is 372 Å². The smallest absolute Gasteiger partial charge is 0.340 e. The van der Waals surface area contributed by atoms with E-state index in [-0.39, 0.29) is 23.2 Å². The number of hydrogen-bond acceptors (Lipinski definition) is 20. The third-order valence-corrected chi connectivity index (χ3v) is 12.5. The maximum absolute atomic E-state index is 14.5. The number of carbonyl (C=O) groups excluding carboxylic acids is 8. The summed E-state index contributed by atoms with van der Waals surface area (Å²) in [5.74, 6) is -12.1. The van der Waals surface area contributed by atoms with E-state index in [1.807, 2.05) is 0 Å². The third-order valence-electron chi connectivity index (χ3n) is 12.5. The predicted molar refractivity (Wildman–Crippen MR) is 215 cm³/mol. The highest BCUT2D eigenvalue weighted by atomic mass is 16.7. The van der Waals surface area contributed by atoms with Crippen molar-refractivity contribution in [1.82, 2.24) is 9.55 Å². The van der Waals surface area contributed by atoms with Gasteiger partial charge in [-0.15, -0.1) is 0 Å². The van der Waals surface area contributed by atoms with E-state index in [9.17, 15) is 48.3 Å². The van der Waals surface area contributed by atoms with Crippen LogP contribution in [0.3, 0.4) is 0 Å². The van der Waals surface area contributed by atoms with E-state index in [2.05, 4.69) is 4.98 Å². The molecule has 2 aliphatic heterocycles. The second kappa shape index (κ2) is 17.6. The van der Waals surface area contributed by atoms with Gasteiger partial charge in [-0.25, -0.2) is 9.59 Å². The van der Waals surface area contributed by atoms with Crippen LogP contribution in [0.4, 0.5) is 0 Å². The van der Waals surface area contributed by atoms with E-state index in [0.717, 1.165) is 57.5 Å². The Morgan fingerprint density at radius 1 is 0.862 bits per heavy atom. The molecule has 2 aromatic heterocycles. The largest absolute Gasteiger partial charge is 0.464 e. The quantitative estimate of drug-likeness (QED) is 0.272. The molecule has 12 atom stereocenters. The minimum absolute atomic E-state index is 0.0704. The first kappa shape index (κ1) is 48.2. The van der Waals surface area contributed by atoms with Crippen LogP contribution in [0.5, 0.6) is 0 Å². The normalized spacial score (nSPS) is 33.8. The topological polar surface area (TPSA) is 275 Å². The monoisotopic (exact) mass is 912 g/mol. The fraction of sp³-hybridized carbons (Fsp3) is 0.591. The molecule has 3 fully saturated rings. The van der Waals surface area contributed by atoms with E-state index in [1.54, 1.807) is 0 Å². The number of rotatable bonds is 9. The standard InChI is InChI=1S/C44H52N2O19/c1-20(2)37(52)58-19-43-35(61-24(6)49)31(59-22(4)47)30-33(60-23(5)48)44(43)42(9,56)34(32(36(43)62-25(7)50)63-39(54)26-13-14-29(51)46(10)17-26)64-38(53)21(3)16-28-27(12-11-15-45-28)40(55)57-18-41(30,8)65-44/h11-15,17,20-21,30-36,56H,16,18-19H2,1-10H3/t21-,30+,31+,32-,33+,34-,35+,36-,41-,42-,43+,44-/m0/s1. The van der Waals surface area contributed by atoms with Gasteiger partial charge in [0, 0.05) is 59.6 Å². The molecule has 2 aliphatic carbocycles. The first-order valence-corrected chi connectivity index (χ1v) is 20.8. The van der Waals surface area contributed by atoms with E-state index in [1.165, 1.54) is 53.1 Å². The number of esters is 8. The molecule has 21 heteroatoms. The molecule has 1 saturated heterocycles. The summed E-state index contributed by atoms with van der Waals surface area (Å²) in [5.41, 5.74) is -11.4. The van der Waals surface area contributed by atoms with Crippen LogP contribution in [-0.4, -0.2) is 129 Å². The summed E-state index contributed by atoms with van der Waals surface area (Å²) in [5, 5.41) is 13.7. The molecule has 1 spiro atoms. The Morgan fingerprint density at radius 2 is 1.46 bits per heavy atom. The summed E-state index contributed by atoms with van der Waals surface area (Å²) in [4.78, 5) is 127. The van der Waals surface area contributed by atoms with Crippen molar-refractivity contribution in [3.8, 4) is 0 Å². The first-order chi connectivity index (χ1) is 30.3. The van der Waals surface area contributed by atoms with Crippen molar-refractivity contribution in [1.29, 1.82) is 0 Å². The molecule has 4 heterocycles. The highest BCUT2D eigenvalue weighted by molar-refractivity contribution is 5.91. The molecule has 0 radical (unpaired) electrons. The van der Waals surface area contributed by atoms with Crippen molar-refractivity contribution in [2.45, 2.75) is 122 Å². The van der Waals surface area contributed by atoms with E-state index in [4.69, 9.17) is 42.6 Å². The van der Waals surface area contributed by atoms with Crippen molar-refractivity contribution in [2.75, 3.05) is 13.2 Å². The lowest BCUT2D eigenvalue weighted by Crippen LogP contribution is -2.89. The molecular formula is C44H52N2O19. The zero-order valence-electron chi connectivity index (χ0n) is 37.5. The molecular weight excluding hydrogens is 860 g/mol. The number of nitrogens with zero attached hydrogens (tertiary/aromatic N) is 2. The fourth-order valence-corrected chi connectivity index (χ4v) is 9.88. The Kier molecular flexibility index (Phi) is 13.1. The number of hydrogen-bond donors (Lipinski definition) is 1. The second-order valence-corrected chi connectivity index (χ2v) is 17.6. The number of ether oxygens (including phenoxy) is 9. The lowest BCUT2D eigenvalue weighted by molar-refractivity contribution is -0.386. The molecule has 0 aromatic carbocycles. The van der Waals surface area contributed by atoms with Gasteiger partial charge in [0.05, 0.1) is 34.6 Å². The third kappa shape index (κ3) is 8.23. The molecule has 65 heavy (non-hydrogen) atoms. The number of pyridine rings is 2. The Morgan fingerprint density at radius 3 is 2.05 bits per heavy atom. The summed E-state index contributed by atoms with van der Waals surface area (Å²) in [6.45, 7) is 8.81. The number of fused-ring (bicyclic) bond motifs is 5. The molecule has 2 saturated carbocycles.